The predicted molar refractivity (Wildman–Crippen MR) is 95.1 cm³/mol. The van der Waals surface area contributed by atoms with Crippen molar-refractivity contribution in [3.63, 3.8) is 0 Å². The minimum absolute atomic E-state index is 0.430. The fraction of sp³-hybridized carbons (Fsp3) is 1.00. The van der Waals surface area contributed by atoms with Crippen LogP contribution >= 0.6 is 0 Å². The van der Waals surface area contributed by atoms with Crippen LogP contribution in [0.1, 0.15) is 97.8 Å². The second-order valence-electron chi connectivity index (χ2n) is 9.15. The lowest BCUT2D eigenvalue weighted by Gasteiger charge is -2.33. The van der Waals surface area contributed by atoms with E-state index >= 15 is 0 Å². The molecule has 1 aliphatic heterocycles. The molecule has 0 aromatic heterocycles. The molecule has 22 heavy (non-hydrogen) atoms. The Morgan fingerprint density at radius 3 is 2.23 bits per heavy atom. The highest BCUT2D eigenvalue weighted by Gasteiger charge is 2.29. The van der Waals surface area contributed by atoms with Crippen LogP contribution in [0.15, 0.2) is 0 Å². The van der Waals surface area contributed by atoms with E-state index in [1.807, 2.05) is 0 Å². The van der Waals surface area contributed by atoms with E-state index < -0.39 is 5.60 Å². The van der Waals surface area contributed by atoms with Crippen molar-refractivity contribution in [1.29, 1.82) is 0 Å². The molecule has 0 aromatic carbocycles. The summed E-state index contributed by atoms with van der Waals surface area (Å²) in [4.78, 5) is 0. The van der Waals surface area contributed by atoms with Crippen LogP contribution < -0.4 is 5.32 Å². The van der Waals surface area contributed by atoms with E-state index in [4.69, 9.17) is 0 Å². The highest BCUT2D eigenvalue weighted by Crippen LogP contribution is 2.33. The average Bonchev–Trinajstić information content (AvgIpc) is 2.57. The molecule has 3 unspecified atom stereocenters. The maximum Gasteiger partial charge on any atom is 0.0619 e. The Kier molecular flexibility index (Phi) is 6.76. The molecule has 1 aliphatic carbocycles. The Hall–Kier alpha value is -0.0800. The molecular weight excluding hydrogens is 270 g/mol. The van der Waals surface area contributed by atoms with Crippen LogP contribution in [0, 0.1) is 11.3 Å². The van der Waals surface area contributed by atoms with Gasteiger partial charge < -0.3 is 10.4 Å². The zero-order chi connectivity index (χ0) is 16.1. The van der Waals surface area contributed by atoms with Gasteiger partial charge in [-0.05, 0) is 56.8 Å². The van der Waals surface area contributed by atoms with E-state index in [2.05, 4.69) is 26.1 Å². The smallest absolute Gasteiger partial charge is 0.0619 e. The minimum Gasteiger partial charge on any atom is -0.390 e. The van der Waals surface area contributed by atoms with Crippen molar-refractivity contribution < 1.29 is 5.11 Å². The molecule has 2 nitrogen and oxygen atoms in total. The molecule has 3 atom stereocenters. The summed E-state index contributed by atoms with van der Waals surface area (Å²) in [7, 11) is 0. The molecule has 0 radical (unpaired) electrons. The van der Waals surface area contributed by atoms with Gasteiger partial charge in [-0.3, -0.25) is 0 Å². The highest BCUT2D eigenvalue weighted by atomic mass is 16.3. The van der Waals surface area contributed by atoms with Crippen LogP contribution in [0.2, 0.25) is 0 Å². The Morgan fingerprint density at radius 2 is 1.45 bits per heavy atom. The molecule has 0 amide bonds. The SMILES string of the molecule is CC1(C)CCCCCC(C2CCCCCC(C)(O)CC2)NC1. The van der Waals surface area contributed by atoms with Gasteiger partial charge in [0.25, 0.3) is 0 Å². The van der Waals surface area contributed by atoms with Crippen LogP contribution in [0.4, 0.5) is 0 Å². The van der Waals surface area contributed by atoms with Gasteiger partial charge in [-0.25, -0.2) is 0 Å². The van der Waals surface area contributed by atoms with Crippen molar-refractivity contribution in [2.24, 2.45) is 11.3 Å². The fourth-order valence-corrected chi connectivity index (χ4v) is 4.40. The molecule has 0 spiro atoms. The summed E-state index contributed by atoms with van der Waals surface area (Å²) in [5, 5.41) is 14.5. The van der Waals surface area contributed by atoms with Crippen molar-refractivity contribution in [2.45, 2.75) is 109 Å². The molecule has 130 valence electrons. The van der Waals surface area contributed by atoms with Gasteiger partial charge in [0, 0.05) is 12.6 Å². The van der Waals surface area contributed by atoms with Gasteiger partial charge in [0.1, 0.15) is 0 Å². The molecule has 0 bridgehead atoms. The van der Waals surface area contributed by atoms with E-state index in [-0.39, 0.29) is 0 Å². The largest absolute Gasteiger partial charge is 0.390 e. The lowest BCUT2D eigenvalue weighted by molar-refractivity contribution is 0.0334. The normalized spacial score (nSPS) is 38.7. The Morgan fingerprint density at radius 1 is 0.773 bits per heavy atom. The van der Waals surface area contributed by atoms with Gasteiger partial charge in [-0.15, -0.1) is 0 Å². The number of rotatable bonds is 1. The van der Waals surface area contributed by atoms with Crippen molar-refractivity contribution in [2.75, 3.05) is 6.54 Å². The second kappa shape index (κ2) is 8.15. The van der Waals surface area contributed by atoms with Crippen LogP contribution in [0.3, 0.4) is 0 Å². The quantitative estimate of drug-likeness (QED) is 0.710. The first kappa shape index (κ1) is 18.3. The number of hydrogen-bond acceptors (Lipinski definition) is 2. The van der Waals surface area contributed by atoms with Crippen molar-refractivity contribution in [3.05, 3.63) is 0 Å². The maximum atomic E-state index is 10.5. The highest BCUT2D eigenvalue weighted by molar-refractivity contribution is 4.85. The summed E-state index contributed by atoms with van der Waals surface area (Å²) in [5.41, 5.74) is 0.00690. The van der Waals surface area contributed by atoms with Crippen molar-refractivity contribution in [1.82, 2.24) is 5.32 Å². The lowest BCUT2D eigenvalue weighted by atomic mass is 9.84. The molecule has 0 aromatic rings. The first-order chi connectivity index (χ1) is 10.4. The van der Waals surface area contributed by atoms with Crippen LogP contribution in [-0.2, 0) is 0 Å². The first-order valence-corrected chi connectivity index (χ1v) is 9.84. The zero-order valence-electron chi connectivity index (χ0n) is 15.3. The van der Waals surface area contributed by atoms with Gasteiger partial charge >= 0.3 is 0 Å². The molecule has 2 aliphatic rings. The Balaban J connectivity index is 1.98. The summed E-state index contributed by atoms with van der Waals surface area (Å²) >= 11 is 0. The summed E-state index contributed by atoms with van der Waals surface area (Å²) in [6.07, 6.45) is 15.2. The Labute approximate surface area is 138 Å². The Bertz CT molecular complexity index is 292. The summed E-state index contributed by atoms with van der Waals surface area (Å²) in [6.45, 7) is 8.03. The second-order valence-corrected chi connectivity index (χ2v) is 9.15. The molecule has 2 N–H and O–H groups in total. The average molecular weight is 310 g/mol. The van der Waals surface area contributed by atoms with Gasteiger partial charge in [0.15, 0.2) is 0 Å². The van der Waals surface area contributed by atoms with Crippen LogP contribution in [0.5, 0.6) is 0 Å². The number of aliphatic hydroxyl groups is 1. The van der Waals surface area contributed by atoms with Crippen molar-refractivity contribution in [3.8, 4) is 0 Å². The topological polar surface area (TPSA) is 32.3 Å². The van der Waals surface area contributed by atoms with E-state index in [0.717, 1.165) is 25.3 Å². The minimum atomic E-state index is -0.430. The maximum absolute atomic E-state index is 10.5. The number of hydrogen-bond donors (Lipinski definition) is 2. The van der Waals surface area contributed by atoms with E-state index in [9.17, 15) is 5.11 Å². The third-order valence-electron chi connectivity index (χ3n) is 6.12. The summed E-state index contributed by atoms with van der Waals surface area (Å²) in [6, 6.07) is 0.672. The van der Waals surface area contributed by atoms with E-state index in [1.54, 1.807) is 0 Å². The molecule has 2 heteroatoms. The molecule has 1 saturated carbocycles. The third-order valence-corrected chi connectivity index (χ3v) is 6.12. The molecule has 1 saturated heterocycles. The zero-order valence-corrected chi connectivity index (χ0v) is 15.3. The fourth-order valence-electron chi connectivity index (χ4n) is 4.40. The molecule has 1 heterocycles. The summed E-state index contributed by atoms with van der Waals surface area (Å²) in [5.74, 6) is 0.762. The molecule has 2 rings (SSSR count). The standard InChI is InChI=1S/C20H39NO/c1-19(2)13-8-5-7-11-18(21-16-19)17-10-6-4-9-14-20(3,22)15-12-17/h17-18,21-22H,4-16H2,1-3H3. The van der Waals surface area contributed by atoms with Crippen LogP contribution in [0.25, 0.3) is 0 Å². The van der Waals surface area contributed by atoms with E-state index in [0.29, 0.717) is 11.5 Å². The predicted octanol–water partition coefficient (Wildman–Crippen LogP) is 5.05. The first-order valence-electron chi connectivity index (χ1n) is 9.84. The van der Waals surface area contributed by atoms with E-state index in [1.165, 1.54) is 64.2 Å². The van der Waals surface area contributed by atoms with Gasteiger partial charge in [-0.2, -0.15) is 0 Å². The van der Waals surface area contributed by atoms with Crippen molar-refractivity contribution >= 4 is 0 Å². The lowest BCUT2D eigenvalue weighted by Crippen LogP contribution is -2.41. The summed E-state index contributed by atoms with van der Waals surface area (Å²) < 4.78 is 0. The van der Waals surface area contributed by atoms with Gasteiger partial charge in [0.05, 0.1) is 5.60 Å². The monoisotopic (exact) mass is 309 g/mol. The van der Waals surface area contributed by atoms with Gasteiger partial charge in [-0.1, -0.05) is 52.4 Å². The molecular formula is C20H39NO. The van der Waals surface area contributed by atoms with Crippen LogP contribution in [-0.4, -0.2) is 23.3 Å². The molecule has 2 fully saturated rings. The number of nitrogens with one attached hydrogen (secondary N) is 1. The van der Waals surface area contributed by atoms with Gasteiger partial charge in [0.2, 0.25) is 0 Å². The third kappa shape index (κ3) is 6.20.